The summed E-state index contributed by atoms with van der Waals surface area (Å²) >= 11 is 0. The SMILES string of the molecule is COC(=O)CCCCN1C(=O)[C@@](O)([C@@H](C)/C=C/CC(=O)N(CCO)Cc2ccccc2)c2cc(N3CCCCCCC3=O)ccc21. The average Bonchev–Trinajstić information content (AvgIpc) is 3.27. The fourth-order valence-electron chi connectivity index (χ4n) is 6.26. The second kappa shape index (κ2) is 16.5. The third-order valence-corrected chi connectivity index (χ3v) is 8.94. The molecule has 3 amide bonds. The topological polar surface area (TPSA) is 128 Å². The molecule has 0 bridgehead atoms. The van der Waals surface area contributed by atoms with E-state index >= 15 is 0 Å². The van der Waals surface area contributed by atoms with E-state index in [0.29, 0.717) is 55.8 Å². The van der Waals surface area contributed by atoms with Gasteiger partial charge in [-0.1, -0.05) is 62.2 Å². The van der Waals surface area contributed by atoms with E-state index in [1.165, 1.54) is 7.11 Å². The van der Waals surface area contributed by atoms with Crippen LogP contribution in [0.5, 0.6) is 0 Å². The minimum atomic E-state index is -1.92. The van der Waals surface area contributed by atoms with Gasteiger partial charge in [0.1, 0.15) is 0 Å². The Morgan fingerprint density at radius 2 is 1.83 bits per heavy atom. The summed E-state index contributed by atoms with van der Waals surface area (Å²) in [6.07, 6.45) is 8.91. The lowest BCUT2D eigenvalue weighted by Gasteiger charge is -2.29. The lowest BCUT2D eigenvalue weighted by molar-refractivity contribution is -0.140. The molecular formula is C36H47N3O7. The summed E-state index contributed by atoms with van der Waals surface area (Å²) in [5, 5.41) is 21.8. The predicted octanol–water partition coefficient (Wildman–Crippen LogP) is 4.46. The molecule has 0 radical (unpaired) electrons. The zero-order valence-electron chi connectivity index (χ0n) is 27.0. The first-order valence-corrected chi connectivity index (χ1v) is 16.4. The molecule has 46 heavy (non-hydrogen) atoms. The van der Waals surface area contributed by atoms with Crippen LogP contribution in [0.15, 0.2) is 60.7 Å². The minimum Gasteiger partial charge on any atom is -0.469 e. The molecule has 10 nitrogen and oxygen atoms in total. The van der Waals surface area contributed by atoms with E-state index in [9.17, 15) is 29.4 Å². The molecule has 2 aliphatic heterocycles. The number of aliphatic hydroxyl groups is 2. The zero-order valence-corrected chi connectivity index (χ0v) is 27.0. The van der Waals surface area contributed by atoms with Gasteiger partial charge in [0.15, 0.2) is 5.60 Å². The van der Waals surface area contributed by atoms with E-state index < -0.39 is 17.4 Å². The van der Waals surface area contributed by atoms with Gasteiger partial charge in [0, 0.05) is 62.6 Å². The maximum Gasteiger partial charge on any atom is 0.305 e. The number of carbonyl (C=O) groups excluding carboxylic acids is 4. The van der Waals surface area contributed by atoms with Crippen LogP contribution in [0.2, 0.25) is 0 Å². The van der Waals surface area contributed by atoms with Crippen molar-refractivity contribution in [1.82, 2.24) is 4.90 Å². The van der Waals surface area contributed by atoms with E-state index in [1.54, 1.807) is 45.9 Å². The number of anilines is 2. The standard InChI is InChI=1S/C36H47N3O7/c1-27(13-12-17-32(41)37(23-24-40)26-28-14-6-5-7-15-28)36(45)30-25-29(38-21-10-4-3-8-16-33(38)42)19-20-31(30)39(35(36)44)22-11-9-18-34(43)46-2/h5-7,12-15,19-20,25,27,40,45H,3-4,8-11,16-18,21-24,26H2,1-2H3/b13-12+/t27-,36+/m0/s1. The lowest BCUT2D eigenvalue weighted by Crippen LogP contribution is -2.44. The number of fused-ring (bicyclic) bond motifs is 1. The van der Waals surface area contributed by atoms with Crippen LogP contribution in [-0.2, 0) is 36.1 Å². The molecule has 2 aromatic rings. The van der Waals surface area contributed by atoms with Crippen molar-refractivity contribution in [3.63, 3.8) is 0 Å². The fraction of sp³-hybridized carbons (Fsp3) is 0.500. The largest absolute Gasteiger partial charge is 0.469 e. The van der Waals surface area contributed by atoms with Crippen LogP contribution in [0, 0.1) is 5.92 Å². The number of benzene rings is 2. The zero-order chi connectivity index (χ0) is 33.1. The fourth-order valence-corrected chi connectivity index (χ4v) is 6.26. The van der Waals surface area contributed by atoms with Crippen LogP contribution in [0.3, 0.4) is 0 Å². The second-order valence-corrected chi connectivity index (χ2v) is 12.1. The van der Waals surface area contributed by atoms with Gasteiger partial charge >= 0.3 is 5.97 Å². The number of aliphatic hydroxyl groups excluding tert-OH is 1. The summed E-state index contributed by atoms with van der Waals surface area (Å²) in [5.74, 6) is -1.66. The van der Waals surface area contributed by atoms with E-state index in [-0.39, 0.29) is 43.8 Å². The molecule has 1 saturated heterocycles. The highest BCUT2D eigenvalue weighted by molar-refractivity contribution is 6.08. The number of nitrogens with zero attached hydrogens (tertiary/aromatic N) is 3. The van der Waals surface area contributed by atoms with Crippen LogP contribution >= 0.6 is 0 Å². The summed E-state index contributed by atoms with van der Waals surface area (Å²) in [7, 11) is 1.34. The first kappa shape index (κ1) is 34.8. The van der Waals surface area contributed by atoms with Crippen LogP contribution in [-0.4, -0.2) is 72.2 Å². The van der Waals surface area contributed by atoms with Crippen molar-refractivity contribution in [3.05, 3.63) is 71.8 Å². The Hall–Kier alpha value is -4.02. The summed E-state index contributed by atoms with van der Waals surface area (Å²) in [4.78, 5) is 56.7. The molecule has 0 aromatic heterocycles. The van der Waals surface area contributed by atoms with Crippen molar-refractivity contribution in [3.8, 4) is 0 Å². The molecule has 10 heteroatoms. The van der Waals surface area contributed by atoms with Gasteiger partial charge in [-0.3, -0.25) is 19.2 Å². The molecule has 0 aliphatic carbocycles. The van der Waals surface area contributed by atoms with Crippen LogP contribution in [0.25, 0.3) is 0 Å². The van der Waals surface area contributed by atoms with Crippen molar-refractivity contribution >= 4 is 35.1 Å². The van der Waals surface area contributed by atoms with Crippen molar-refractivity contribution < 1.29 is 34.1 Å². The van der Waals surface area contributed by atoms with Gasteiger partial charge in [0.25, 0.3) is 5.91 Å². The van der Waals surface area contributed by atoms with Crippen molar-refractivity contribution in [2.45, 2.75) is 76.9 Å². The van der Waals surface area contributed by atoms with E-state index in [1.807, 2.05) is 36.4 Å². The van der Waals surface area contributed by atoms with Gasteiger partial charge in [0.05, 0.1) is 19.4 Å². The van der Waals surface area contributed by atoms with Gasteiger partial charge < -0.3 is 29.6 Å². The highest BCUT2D eigenvalue weighted by atomic mass is 16.5. The summed E-state index contributed by atoms with van der Waals surface area (Å²) in [6, 6.07) is 14.9. The molecule has 4 rings (SSSR count). The first-order valence-electron chi connectivity index (χ1n) is 16.4. The Morgan fingerprint density at radius 3 is 2.57 bits per heavy atom. The van der Waals surface area contributed by atoms with Crippen LogP contribution < -0.4 is 9.80 Å². The highest BCUT2D eigenvalue weighted by Crippen LogP contribution is 2.47. The normalized spacial score (nSPS) is 19.1. The molecule has 2 N–H and O–H groups in total. The number of amides is 3. The molecule has 0 saturated carbocycles. The molecule has 0 spiro atoms. The highest BCUT2D eigenvalue weighted by Gasteiger charge is 2.52. The Balaban J connectivity index is 1.57. The Bertz CT molecular complexity index is 1400. The number of carbonyl (C=O) groups is 4. The van der Waals surface area contributed by atoms with Crippen molar-refractivity contribution in [2.24, 2.45) is 5.92 Å². The molecule has 248 valence electrons. The van der Waals surface area contributed by atoms with Gasteiger partial charge in [0.2, 0.25) is 11.8 Å². The quantitative estimate of drug-likeness (QED) is 0.179. The lowest BCUT2D eigenvalue weighted by atomic mass is 9.82. The molecule has 2 aliphatic rings. The summed E-state index contributed by atoms with van der Waals surface area (Å²) in [6.45, 7) is 3.01. The van der Waals surface area contributed by atoms with Gasteiger partial charge in [-0.15, -0.1) is 0 Å². The number of esters is 1. The molecule has 2 aromatic carbocycles. The summed E-state index contributed by atoms with van der Waals surface area (Å²) in [5.41, 5.74) is 0.671. The van der Waals surface area contributed by atoms with E-state index in [4.69, 9.17) is 4.74 Å². The first-order chi connectivity index (χ1) is 22.2. The Labute approximate surface area is 271 Å². The van der Waals surface area contributed by atoms with Crippen LogP contribution in [0.1, 0.15) is 75.8 Å². The number of ether oxygens (including phenoxy) is 1. The van der Waals surface area contributed by atoms with Gasteiger partial charge in [-0.05, 0) is 49.4 Å². The smallest absolute Gasteiger partial charge is 0.305 e. The molecule has 1 fully saturated rings. The number of unbranched alkanes of at least 4 members (excludes halogenated alkanes) is 1. The number of rotatable bonds is 14. The Morgan fingerprint density at radius 1 is 1.07 bits per heavy atom. The molecule has 2 atom stereocenters. The number of methoxy groups -OCH3 is 1. The molecular weight excluding hydrogens is 586 g/mol. The predicted molar refractivity (Wildman–Crippen MR) is 176 cm³/mol. The van der Waals surface area contributed by atoms with Crippen LogP contribution in [0.4, 0.5) is 11.4 Å². The minimum absolute atomic E-state index is 0.0292. The van der Waals surface area contributed by atoms with Gasteiger partial charge in [-0.25, -0.2) is 0 Å². The van der Waals surface area contributed by atoms with Crippen molar-refractivity contribution in [2.75, 3.05) is 43.2 Å². The molecule has 2 heterocycles. The third kappa shape index (κ3) is 8.22. The third-order valence-electron chi connectivity index (χ3n) is 8.94. The average molecular weight is 634 g/mol. The molecule has 0 unspecified atom stereocenters. The maximum atomic E-state index is 14.0. The number of hydrogen-bond acceptors (Lipinski definition) is 7. The van der Waals surface area contributed by atoms with Crippen molar-refractivity contribution in [1.29, 1.82) is 0 Å². The second-order valence-electron chi connectivity index (χ2n) is 12.1. The summed E-state index contributed by atoms with van der Waals surface area (Å²) < 4.78 is 4.73. The van der Waals surface area contributed by atoms with Gasteiger partial charge in [-0.2, -0.15) is 0 Å². The maximum absolute atomic E-state index is 14.0. The van der Waals surface area contributed by atoms with E-state index in [0.717, 1.165) is 31.2 Å². The number of hydrogen-bond donors (Lipinski definition) is 2. The van der Waals surface area contributed by atoms with E-state index in [2.05, 4.69) is 0 Å². The monoisotopic (exact) mass is 633 g/mol. The Kier molecular flexibility index (Phi) is 12.5.